The van der Waals surface area contributed by atoms with Crippen LogP contribution in [0.3, 0.4) is 0 Å². The van der Waals surface area contributed by atoms with Crippen LogP contribution in [0.2, 0.25) is 0 Å². The Morgan fingerprint density at radius 1 is 0.607 bits per heavy atom. The Morgan fingerprint density at radius 3 is 2.05 bits per heavy atom. The molecule has 0 spiro atoms. The van der Waals surface area contributed by atoms with Crippen molar-refractivity contribution in [3.8, 4) is 33.6 Å². The second-order valence-corrected chi connectivity index (χ2v) is 15.8. The Kier molecular flexibility index (Phi) is 9.15. The van der Waals surface area contributed by atoms with Crippen molar-refractivity contribution < 1.29 is 4.42 Å². The average molecular weight is 727 g/mol. The van der Waals surface area contributed by atoms with E-state index in [1.54, 1.807) is 0 Å². The van der Waals surface area contributed by atoms with Crippen molar-refractivity contribution >= 4 is 28.2 Å². The van der Waals surface area contributed by atoms with Crippen LogP contribution >= 0.6 is 0 Å². The quantitative estimate of drug-likeness (QED) is 0.168. The standard InChI is InChI=1S/C53H46N2O/c1-35-10-8-15-44(32-35)40-22-20-38(21-23-40)39-26-28-42(29-27-39)48-34-49(55-53(54-48)43-13-6-3-7-14-43)46-16-9-17-51-52(46)47-33-45(30-31-50(47)56-51)41-24-18-37(19-25-41)36-11-4-2-5-12-36/h2,4,6,8-11,13-18,20-24,26-29,33-35H,3,5,7,12,19,25,30-32H2,1H3. The summed E-state index contributed by atoms with van der Waals surface area (Å²) in [7, 11) is 0. The van der Waals surface area contributed by atoms with E-state index >= 15 is 0 Å². The van der Waals surface area contributed by atoms with Gasteiger partial charge in [0.15, 0.2) is 5.82 Å². The van der Waals surface area contributed by atoms with Gasteiger partial charge in [0.2, 0.25) is 0 Å². The van der Waals surface area contributed by atoms with E-state index in [4.69, 9.17) is 14.4 Å². The van der Waals surface area contributed by atoms with Crippen LogP contribution in [0, 0.1) is 5.92 Å². The van der Waals surface area contributed by atoms with Crippen LogP contribution < -0.4 is 0 Å². The summed E-state index contributed by atoms with van der Waals surface area (Å²) in [4.78, 5) is 10.5. The van der Waals surface area contributed by atoms with E-state index in [1.165, 1.54) is 50.1 Å². The number of fused-ring (bicyclic) bond motifs is 3. The third-order valence-corrected chi connectivity index (χ3v) is 12.1. The van der Waals surface area contributed by atoms with Crippen molar-refractivity contribution in [2.75, 3.05) is 0 Å². The highest BCUT2D eigenvalue weighted by Gasteiger charge is 2.24. The summed E-state index contributed by atoms with van der Waals surface area (Å²) >= 11 is 0. The van der Waals surface area contributed by atoms with Gasteiger partial charge in [0, 0.05) is 34.1 Å². The van der Waals surface area contributed by atoms with E-state index in [2.05, 4.69) is 153 Å². The van der Waals surface area contributed by atoms with Gasteiger partial charge < -0.3 is 4.42 Å². The maximum Gasteiger partial charge on any atom is 0.160 e. The second kappa shape index (κ2) is 14.9. The number of hydrogen-bond donors (Lipinski definition) is 0. The summed E-state index contributed by atoms with van der Waals surface area (Å²) in [6.45, 7) is 2.28. The fraction of sp³-hybridized carbons (Fsp3) is 0.208. The number of benzene rings is 3. The van der Waals surface area contributed by atoms with E-state index in [-0.39, 0.29) is 0 Å². The van der Waals surface area contributed by atoms with Crippen molar-refractivity contribution in [1.29, 1.82) is 0 Å². The maximum absolute atomic E-state index is 6.59. The second-order valence-electron chi connectivity index (χ2n) is 15.8. The zero-order chi connectivity index (χ0) is 37.4. The molecule has 3 nitrogen and oxygen atoms in total. The molecule has 0 aliphatic heterocycles. The fourth-order valence-corrected chi connectivity index (χ4v) is 8.97. The van der Waals surface area contributed by atoms with Crippen molar-refractivity contribution in [1.82, 2.24) is 9.97 Å². The lowest BCUT2D eigenvalue weighted by Gasteiger charge is -2.21. The monoisotopic (exact) mass is 726 g/mol. The summed E-state index contributed by atoms with van der Waals surface area (Å²) in [6, 6.07) is 26.4. The Labute approximate surface area is 330 Å². The van der Waals surface area contributed by atoms with Crippen molar-refractivity contribution in [3.05, 3.63) is 185 Å². The smallest absolute Gasteiger partial charge is 0.160 e. The van der Waals surface area contributed by atoms with Gasteiger partial charge in [0.1, 0.15) is 11.3 Å². The molecular weight excluding hydrogens is 681 g/mol. The van der Waals surface area contributed by atoms with Crippen LogP contribution in [0.15, 0.2) is 166 Å². The summed E-state index contributed by atoms with van der Waals surface area (Å²) in [5.74, 6) is 2.41. The van der Waals surface area contributed by atoms with E-state index in [0.717, 1.165) is 108 Å². The van der Waals surface area contributed by atoms with Gasteiger partial charge in [-0.1, -0.05) is 134 Å². The molecule has 1 unspecified atom stereocenters. The number of aryl methyl sites for hydroxylation is 1. The number of furan rings is 1. The van der Waals surface area contributed by atoms with Crippen LogP contribution in [0.25, 0.3) is 61.8 Å². The van der Waals surface area contributed by atoms with Gasteiger partial charge in [-0.25, -0.2) is 9.97 Å². The van der Waals surface area contributed by atoms with Gasteiger partial charge in [0.05, 0.1) is 11.4 Å². The molecule has 3 aromatic carbocycles. The fourth-order valence-electron chi connectivity index (χ4n) is 8.97. The molecule has 274 valence electrons. The lowest BCUT2D eigenvalue weighted by Crippen LogP contribution is -2.04. The first-order valence-electron chi connectivity index (χ1n) is 20.5. The minimum Gasteiger partial charge on any atom is -0.460 e. The third-order valence-electron chi connectivity index (χ3n) is 12.1. The van der Waals surface area contributed by atoms with E-state index in [0.29, 0.717) is 5.92 Å². The highest BCUT2D eigenvalue weighted by atomic mass is 16.3. The Morgan fingerprint density at radius 2 is 1.32 bits per heavy atom. The number of allylic oxidation sites excluding steroid dienone is 17. The zero-order valence-electron chi connectivity index (χ0n) is 32.1. The van der Waals surface area contributed by atoms with Gasteiger partial charge in [-0.05, 0) is 120 Å². The van der Waals surface area contributed by atoms with Crippen molar-refractivity contribution in [3.63, 3.8) is 0 Å². The molecule has 5 aromatic rings. The number of aromatic nitrogens is 2. The summed E-state index contributed by atoms with van der Waals surface area (Å²) in [5.41, 5.74) is 18.2. The van der Waals surface area contributed by atoms with E-state index in [9.17, 15) is 0 Å². The number of rotatable bonds is 7. The molecule has 2 aromatic heterocycles. The lowest BCUT2D eigenvalue weighted by molar-refractivity contribution is 0.543. The molecule has 1 atom stereocenters. The lowest BCUT2D eigenvalue weighted by atomic mass is 9.83. The molecule has 2 heterocycles. The first-order valence-corrected chi connectivity index (χ1v) is 20.5. The maximum atomic E-state index is 6.59. The van der Waals surface area contributed by atoms with Crippen LogP contribution in [-0.4, -0.2) is 9.97 Å². The summed E-state index contributed by atoms with van der Waals surface area (Å²) in [5, 5.41) is 1.14. The molecule has 0 N–H and O–H groups in total. The van der Waals surface area contributed by atoms with Crippen LogP contribution in [0.1, 0.15) is 81.0 Å². The van der Waals surface area contributed by atoms with Gasteiger partial charge in [0.25, 0.3) is 0 Å². The molecule has 0 bridgehead atoms. The third kappa shape index (κ3) is 6.77. The normalized spacial score (nSPS) is 19.1. The number of hydrogen-bond acceptors (Lipinski definition) is 3. The molecule has 0 amide bonds. The van der Waals surface area contributed by atoms with Crippen LogP contribution in [0.5, 0.6) is 0 Å². The highest BCUT2D eigenvalue weighted by molar-refractivity contribution is 6.01. The minimum atomic E-state index is 0.580. The topological polar surface area (TPSA) is 38.9 Å². The van der Waals surface area contributed by atoms with E-state index in [1.807, 2.05) is 0 Å². The van der Waals surface area contributed by atoms with Crippen LogP contribution in [0.4, 0.5) is 0 Å². The molecule has 5 aliphatic carbocycles. The SMILES string of the molecule is CC1C=CC=C(c2ccc(-c3ccc(-c4cc(-c5cccc6oc7c(c56)C=C(C5=CC=C(C6=CC=CCC6)CC5)CC7)nc(C5=CCCC=C5)n4)cc3)cc2)C1. The Balaban J connectivity index is 1.01. The number of nitrogens with zero attached hydrogens (tertiary/aromatic N) is 2. The van der Waals surface area contributed by atoms with Crippen LogP contribution in [-0.2, 0) is 6.42 Å². The highest BCUT2D eigenvalue weighted by Crippen LogP contribution is 2.42. The molecule has 56 heavy (non-hydrogen) atoms. The molecule has 0 fully saturated rings. The predicted octanol–water partition coefficient (Wildman–Crippen LogP) is 14.2. The Hall–Kier alpha value is -6.06. The first-order chi connectivity index (χ1) is 27.6. The average Bonchev–Trinajstić information content (AvgIpc) is 3.65. The van der Waals surface area contributed by atoms with Gasteiger partial charge >= 0.3 is 0 Å². The largest absolute Gasteiger partial charge is 0.460 e. The van der Waals surface area contributed by atoms with Gasteiger partial charge in [-0.15, -0.1) is 0 Å². The van der Waals surface area contributed by atoms with E-state index < -0.39 is 0 Å². The predicted molar refractivity (Wildman–Crippen MR) is 234 cm³/mol. The zero-order valence-corrected chi connectivity index (χ0v) is 32.1. The van der Waals surface area contributed by atoms with Gasteiger partial charge in [-0.2, -0.15) is 0 Å². The summed E-state index contributed by atoms with van der Waals surface area (Å²) in [6.07, 6.45) is 36.8. The first kappa shape index (κ1) is 34.4. The molecule has 10 rings (SSSR count). The molecule has 3 heteroatoms. The molecule has 5 aliphatic rings. The van der Waals surface area contributed by atoms with Crippen molar-refractivity contribution in [2.24, 2.45) is 5.92 Å². The molecule has 0 saturated carbocycles. The minimum absolute atomic E-state index is 0.580. The molecular formula is C53H46N2O. The molecule has 0 radical (unpaired) electrons. The Bertz CT molecular complexity index is 2640. The van der Waals surface area contributed by atoms with Gasteiger partial charge in [-0.3, -0.25) is 0 Å². The summed E-state index contributed by atoms with van der Waals surface area (Å²) < 4.78 is 6.59. The van der Waals surface area contributed by atoms with Crippen molar-refractivity contribution in [2.45, 2.75) is 64.7 Å². The molecule has 0 saturated heterocycles.